The molecule has 0 aliphatic rings. The summed E-state index contributed by atoms with van der Waals surface area (Å²) in [6.45, 7) is 5.81. The van der Waals surface area contributed by atoms with Crippen molar-refractivity contribution in [3.63, 3.8) is 0 Å². The van der Waals surface area contributed by atoms with Gasteiger partial charge < -0.3 is 13.6 Å². The molecule has 0 aliphatic heterocycles. The maximum Gasteiger partial charge on any atom is 0.340 e. The Kier molecular flexibility index (Phi) is 9.48. The first-order chi connectivity index (χ1) is 14.0. The van der Waals surface area contributed by atoms with Crippen molar-refractivity contribution in [3.8, 4) is 0 Å². The van der Waals surface area contributed by atoms with E-state index in [-0.39, 0.29) is 32.0 Å². The second-order valence-corrected chi connectivity index (χ2v) is 11.2. The Balaban J connectivity index is 2.38. The van der Waals surface area contributed by atoms with E-state index in [9.17, 15) is 9.13 Å². The molecule has 0 fully saturated rings. The van der Waals surface area contributed by atoms with Crippen LogP contribution in [0.3, 0.4) is 0 Å². The fourth-order valence-corrected chi connectivity index (χ4v) is 8.08. The zero-order valence-electron chi connectivity index (χ0n) is 17.2. The summed E-state index contributed by atoms with van der Waals surface area (Å²) in [7, 11) is -6.93. The van der Waals surface area contributed by atoms with Crippen LogP contribution in [0.4, 0.5) is 0 Å². The van der Waals surface area contributed by atoms with Gasteiger partial charge in [-0.15, -0.1) is 0 Å². The third kappa shape index (κ3) is 7.33. The summed E-state index contributed by atoms with van der Waals surface area (Å²) < 4.78 is 42.6. The third-order valence-corrected chi connectivity index (χ3v) is 9.66. The van der Waals surface area contributed by atoms with E-state index in [4.69, 9.17) is 13.6 Å². The number of hydrogen-bond donors (Lipinski definition) is 0. The Morgan fingerprint density at radius 3 is 1.62 bits per heavy atom. The minimum Gasteiger partial charge on any atom is -0.327 e. The van der Waals surface area contributed by atoms with Crippen molar-refractivity contribution in [1.29, 1.82) is 0 Å². The van der Waals surface area contributed by atoms with E-state index in [0.29, 0.717) is 5.71 Å². The monoisotopic (exact) mass is 437 g/mol. The molecular weight excluding hydrogens is 408 g/mol. The largest absolute Gasteiger partial charge is 0.340 e. The van der Waals surface area contributed by atoms with Crippen LogP contribution in [0.25, 0.3) is 0 Å². The first-order valence-electron chi connectivity index (χ1n) is 9.71. The topological polar surface area (TPSA) is 74.2 Å². The van der Waals surface area contributed by atoms with Crippen LogP contribution in [0.15, 0.2) is 65.7 Å². The van der Waals surface area contributed by atoms with E-state index < -0.39 is 15.0 Å². The van der Waals surface area contributed by atoms with Gasteiger partial charge in [0, 0.05) is 11.1 Å². The van der Waals surface area contributed by atoms with Crippen LogP contribution in [0.5, 0.6) is 0 Å². The Bertz CT molecular complexity index is 820. The number of benzene rings is 2. The highest BCUT2D eigenvalue weighted by atomic mass is 31.2. The van der Waals surface area contributed by atoms with Gasteiger partial charge in [0.05, 0.1) is 25.5 Å². The molecule has 0 saturated heterocycles. The maximum absolute atomic E-state index is 13.5. The summed E-state index contributed by atoms with van der Waals surface area (Å²) in [6, 6.07) is 19.3. The van der Waals surface area contributed by atoms with Gasteiger partial charge >= 0.3 is 7.60 Å². The summed E-state index contributed by atoms with van der Waals surface area (Å²) in [5.74, 6) is -0.296. The molecule has 1 atom stereocenters. The van der Waals surface area contributed by atoms with Gasteiger partial charge in [-0.2, -0.15) is 0 Å². The van der Waals surface area contributed by atoms with Crippen molar-refractivity contribution in [2.24, 2.45) is 4.99 Å². The molecule has 2 rings (SSSR count). The summed E-state index contributed by atoms with van der Waals surface area (Å²) in [5, 5.41) is 0. The van der Waals surface area contributed by atoms with E-state index in [2.05, 4.69) is 4.99 Å². The zero-order chi connectivity index (χ0) is 21.2. The minimum atomic E-state index is -3.53. The molecule has 8 heteroatoms. The number of hydrogen-bond acceptors (Lipinski definition) is 6. The van der Waals surface area contributed by atoms with Crippen LogP contribution in [0.1, 0.15) is 31.9 Å². The van der Waals surface area contributed by atoms with Gasteiger partial charge in [-0.25, -0.2) is 0 Å². The summed E-state index contributed by atoms with van der Waals surface area (Å²) in [4.78, 5) is 4.66. The van der Waals surface area contributed by atoms with Gasteiger partial charge in [0.15, 0.2) is 0 Å². The van der Waals surface area contributed by atoms with Gasteiger partial charge in [0.25, 0.3) is 0 Å². The molecule has 0 aliphatic carbocycles. The molecule has 0 aromatic heterocycles. The molecule has 2 aromatic carbocycles. The highest BCUT2D eigenvalue weighted by molar-refractivity contribution is 7.73. The zero-order valence-corrected chi connectivity index (χ0v) is 19.0. The smallest absolute Gasteiger partial charge is 0.327 e. The predicted molar refractivity (Wildman–Crippen MR) is 118 cm³/mol. The fourth-order valence-electron chi connectivity index (χ4n) is 2.86. The summed E-state index contributed by atoms with van der Waals surface area (Å²) >= 11 is 0. The molecule has 0 bridgehead atoms. The van der Waals surface area contributed by atoms with Crippen LogP contribution in [0.2, 0.25) is 0 Å². The van der Waals surface area contributed by atoms with E-state index in [0.717, 1.165) is 11.1 Å². The molecule has 0 amide bonds. The van der Waals surface area contributed by atoms with E-state index >= 15 is 0 Å². The minimum absolute atomic E-state index is 0.107. The van der Waals surface area contributed by atoms with Crippen molar-refractivity contribution in [1.82, 2.24) is 0 Å². The molecule has 0 N–H and O–H groups in total. The van der Waals surface area contributed by atoms with E-state index in [1.54, 1.807) is 20.8 Å². The molecule has 0 radical (unpaired) electrons. The van der Waals surface area contributed by atoms with Crippen molar-refractivity contribution < 1.29 is 22.7 Å². The molecule has 2 aromatic rings. The standard InChI is InChI=1S/C21H29NO5P2/c1-4-25-28(23,18-29(24,26-5-2)27-6-3)17-22-21(19-13-9-7-10-14-19)20-15-11-8-12-16-20/h7-16H,4-6,17-18H2,1-3H3. The first-order valence-corrected chi connectivity index (χ1v) is 13.4. The van der Waals surface area contributed by atoms with E-state index in [1.807, 2.05) is 60.7 Å². The molecular formula is C21H29NO5P2. The van der Waals surface area contributed by atoms with Gasteiger partial charge in [0.1, 0.15) is 12.2 Å². The molecule has 0 heterocycles. The highest BCUT2D eigenvalue weighted by Gasteiger charge is 2.37. The number of aliphatic imine (C=N–C) groups is 1. The Hall–Kier alpha value is -1.55. The van der Waals surface area contributed by atoms with Crippen LogP contribution >= 0.6 is 15.0 Å². The Labute approximate surface area is 173 Å². The van der Waals surface area contributed by atoms with E-state index in [1.165, 1.54) is 0 Å². The van der Waals surface area contributed by atoms with Gasteiger partial charge in [-0.05, 0) is 20.8 Å². The number of nitrogens with zero attached hydrogens (tertiary/aromatic N) is 1. The molecule has 6 nitrogen and oxygen atoms in total. The molecule has 0 spiro atoms. The second-order valence-electron chi connectivity index (χ2n) is 6.20. The van der Waals surface area contributed by atoms with Crippen molar-refractivity contribution in [3.05, 3.63) is 71.8 Å². The van der Waals surface area contributed by atoms with Gasteiger partial charge in [-0.3, -0.25) is 14.1 Å². The predicted octanol–water partition coefficient (Wildman–Crippen LogP) is 6.02. The van der Waals surface area contributed by atoms with Gasteiger partial charge in [0.2, 0.25) is 7.37 Å². The highest BCUT2D eigenvalue weighted by Crippen LogP contribution is 2.63. The molecule has 29 heavy (non-hydrogen) atoms. The quantitative estimate of drug-likeness (QED) is 0.300. The van der Waals surface area contributed by atoms with Crippen LogP contribution in [0, 0.1) is 0 Å². The summed E-state index contributed by atoms with van der Waals surface area (Å²) in [6.07, 6.45) is -0.107. The molecule has 0 saturated carbocycles. The average Bonchev–Trinajstić information content (AvgIpc) is 2.70. The fraction of sp³-hybridized carbons (Fsp3) is 0.381. The maximum atomic E-state index is 13.5. The van der Waals surface area contributed by atoms with Crippen LogP contribution < -0.4 is 0 Å². The molecule has 1 unspecified atom stereocenters. The van der Waals surface area contributed by atoms with Crippen molar-refractivity contribution in [2.75, 3.05) is 32.0 Å². The first kappa shape index (κ1) is 23.7. The lowest BCUT2D eigenvalue weighted by Crippen LogP contribution is -2.08. The Morgan fingerprint density at radius 1 is 0.759 bits per heavy atom. The van der Waals surface area contributed by atoms with Crippen molar-refractivity contribution >= 4 is 20.7 Å². The van der Waals surface area contributed by atoms with Gasteiger partial charge in [-0.1, -0.05) is 60.7 Å². The SMILES string of the molecule is CCOP(=O)(CN=C(c1ccccc1)c1ccccc1)CP(=O)(OCC)OCC. The lowest BCUT2D eigenvalue weighted by Gasteiger charge is -2.22. The molecule has 158 valence electrons. The van der Waals surface area contributed by atoms with Crippen LogP contribution in [-0.2, 0) is 22.7 Å². The lowest BCUT2D eigenvalue weighted by atomic mass is 10.0. The lowest BCUT2D eigenvalue weighted by molar-refractivity contribution is 0.222. The second kappa shape index (κ2) is 11.6. The van der Waals surface area contributed by atoms with Crippen molar-refractivity contribution in [2.45, 2.75) is 20.8 Å². The normalized spacial score (nSPS) is 13.6. The Morgan fingerprint density at radius 2 is 1.21 bits per heavy atom. The summed E-state index contributed by atoms with van der Waals surface area (Å²) in [5.41, 5.74) is 2.51. The average molecular weight is 437 g/mol. The third-order valence-electron chi connectivity index (χ3n) is 3.94. The van der Waals surface area contributed by atoms with Crippen LogP contribution in [-0.4, -0.2) is 37.7 Å². The number of rotatable bonds is 12.